The molecule has 0 aromatic carbocycles. The Morgan fingerprint density at radius 3 is 2.79 bits per heavy atom. The van der Waals surface area contributed by atoms with E-state index in [0.717, 1.165) is 19.6 Å². The highest BCUT2D eigenvalue weighted by Gasteiger charge is 2.27. The van der Waals surface area contributed by atoms with E-state index in [0.29, 0.717) is 12.6 Å². The highest BCUT2D eigenvalue weighted by atomic mass is 16.5. The van der Waals surface area contributed by atoms with Crippen LogP contribution in [0.4, 0.5) is 0 Å². The van der Waals surface area contributed by atoms with E-state index in [1.807, 2.05) is 13.8 Å². The van der Waals surface area contributed by atoms with Gasteiger partial charge in [0.05, 0.1) is 12.0 Å². The summed E-state index contributed by atoms with van der Waals surface area (Å²) >= 11 is 0. The molecule has 1 unspecified atom stereocenters. The van der Waals surface area contributed by atoms with Crippen molar-refractivity contribution in [1.82, 2.24) is 10.6 Å². The highest BCUT2D eigenvalue weighted by Crippen LogP contribution is 2.14. The molecule has 1 aliphatic heterocycles. The summed E-state index contributed by atoms with van der Waals surface area (Å²) < 4.78 is 5.25. The number of carbonyl (C=O) groups excluding carboxylic acids is 1. The number of ether oxygens (including phenoxy) is 1. The molecule has 2 N–H and O–H groups in total. The van der Waals surface area contributed by atoms with E-state index in [2.05, 4.69) is 10.6 Å². The summed E-state index contributed by atoms with van der Waals surface area (Å²) in [6.07, 6.45) is 1.05. The van der Waals surface area contributed by atoms with Crippen molar-refractivity contribution in [3.8, 4) is 0 Å². The molecule has 0 aliphatic carbocycles. The Hall–Kier alpha value is -0.610. The smallest absolute Gasteiger partial charge is 0.226 e. The molecular weight excluding hydrogens is 180 g/mol. The molecule has 1 heterocycles. The maximum Gasteiger partial charge on any atom is 0.226 e. The van der Waals surface area contributed by atoms with Gasteiger partial charge in [-0.1, -0.05) is 0 Å². The lowest BCUT2D eigenvalue weighted by Crippen LogP contribution is -2.45. The molecule has 14 heavy (non-hydrogen) atoms. The molecule has 0 radical (unpaired) electrons. The Balaban J connectivity index is 2.31. The first-order chi connectivity index (χ1) is 6.56. The molecule has 1 atom stereocenters. The summed E-state index contributed by atoms with van der Waals surface area (Å²) in [5.74, 6) is 0.0731. The van der Waals surface area contributed by atoms with E-state index in [-0.39, 0.29) is 11.3 Å². The molecule has 0 spiro atoms. The Labute approximate surface area is 85.4 Å². The van der Waals surface area contributed by atoms with Gasteiger partial charge in [0.2, 0.25) is 5.91 Å². The fourth-order valence-electron chi connectivity index (χ4n) is 1.51. The fraction of sp³-hybridized carbons (Fsp3) is 0.900. The largest absolute Gasteiger partial charge is 0.380 e. The first-order valence-corrected chi connectivity index (χ1v) is 5.09. The van der Waals surface area contributed by atoms with Crippen molar-refractivity contribution in [2.24, 2.45) is 5.41 Å². The normalized spacial score (nSPS) is 22.4. The van der Waals surface area contributed by atoms with Crippen LogP contribution in [-0.2, 0) is 9.53 Å². The average Bonchev–Trinajstić information content (AvgIpc) is 2.66. The van der Waals surface area contributed by atoms with Crippen LogP contribution >= 0.6 is 0 Å². The fourth-order valence-corrected chi connectivity index (χ4v) is 1.51. The molecule has 0 saturated carbocycles. The summed E-state index contributed by atoms with van der Waals surface area (Å²) in [5, 5.41) is 6.02. The number of nitrogens with one attached hydrogen (secondary N) is 2. The third kappa shape index (κ3) is 2.96. The molecule has 0 bridgehead atoms. The van der Waals surface area contributed by atoms with E-state index in [4.69, 9.17) is 4.74 Å². The second kappa shape index (κ2) is 4.75. The molecule has 82 valence electrons. The van der Waals surface area contributed by atoms with Crippen LogP contribution in [0.15, 0.2) is 0 Å². The zero-order chi connectivity index (χ0) is 10.6. The zero-order valence-electron chi connectivity index (χ0n) is 9.22. The van der Waals surface area contributed by atoms with Gasteiger partial charge in [0.15, 0.2) is 0 Å². The Morgan fingerprint density at radius 1 is 1.57 bits per heavy atom. The molecular formula is C10H20N2O2. The summed E-state index contributed by atoms with van der Waals surface area (Å²) in [6, 6.07) is 0.416. The summed E-state index contributed by atoms with van der Waals surface area (Å²) in [4.78, 5) is 11.5. The number of amides is 1. The quantitative estimate of drug-likeness (QED) is 0.678. The molecule has 1 fully saturated rings. The van der Waals surface area contributed by atoms with Crippen molar-refractivity contribution in [2.45, 2.75) is 26.3 Å². The van der Waals surface area contributed by atoms with E-state index in [9.17, 15) is 4.79 Å². The number of carbonyl (C=O) groups is 1. The zero-order valence-corrected chi connectivity index (χ0v) is 9.22. The van der Waals surface area contributed by atoms with E-state index >= 15 is 0 Å². The predicted molar refractivity (Wildman–Crippen MR) is 55.1 cm³/mol. The maximum absolute atomic E-state index is 11.5. The second-order valence-electron chi connectivity index (χ2n) is 4.40. The topological polar surface area (TPSA) is 50.4 Å². The molecule has 1 saturated heterocycles. The van der Waals surface area contributed by atoms with E-state index in [1.54, 1.807) is 7.05 Å². The first kappa shape index (κ1) is 11.5. The lowest BCUT2D eigenvalue weighted by molar-refractivity contribution is -0.128. The van der Waals surface area contributed by atoms with Gasteiger partial charge >= 0.3 is 0 Å². The van der Waals surface area contributed by atoms with Gasteiger partial charge < -0.3 is 15.4 Å². The summed E-state index contributed by atoms with van der Waals surface area (Å²) in [6.45, 7) is 6.17. The Morgan fingerprint density at radius 2 is 2.29 bits per heavy atom. The van der Waals surface area contributed by atoms with Gasteiger partial charge in [-0.15, -0.1) is 0 Å². The lowest BCUT2D eigenvalue weighted by atomic mass is 9.92. The highest BCUT2D eigenvalue weighted by molar-refractivity contribution is 5.81. The second-order valence-corrected chi connectivity index (χ2v) is 4.40. The Kier molecular flexibility index (Phi) is 3.89. The standard InChI is InChI=1S/C10H20N2O2/c1-10(2,9(13)11-3)7-12-8-4-5-14-6-8/h8,12H,4-7H2,1-3H3,(H,11,13). The van der Waals surface area contributed by atoms with Gasteiger partial charge in [-0.05, 0) is 20.3 Å². The minimum Gasteiger partial charge on any atom is -0.380 e. The molecule has 0 aromatic rings. The van der Waals surface area contributed by atoms with Crippen LogP contribution in [0.2, 0.25) is 0 Å². The molecule has 0 aromatic heterocycles. The van der Waals surface area contributed by atoms with Gasteiger partial charge in [-0.2, -0.15) is 0 Å². The number of hydrogen-bond acceptors (Lipinski definition) is 3. The van der Waals surface area contributed by atoms with Crippen molar-refractivity contribution >= 4 is 5.91 Å². The van der Waals surface area contributed by atoms with Gasteiger partial charge in [0.1, 0.15) is 0 Å². The minimum absolute atomic E-state index is 0.0731. The van der Waals surface area contributed by atoms with Gasteiger partial charge in [-0.3, -0.25) is 4.79 Å². The average molecular weight is 200 g/mol. The molecule has 1 aliphatic rings. The number of hydrogen-bond donors (Lipinski definition) is 2. The molecule has 1 amide bonds. The monoisotopic (exact) mass is 200 g/mol. The van der Waals surface area contributed by atoms with E-state index in [1.165, 1.54) is 0 Å². The molecule has 1 rings (SSSR count). The maximum atomic E-state index is 11.5. The van der Waals surface area contributed by atoms with Crippen molar-refractivity contribution < 1.29 is 9.53 Å². The molecule has 4 heteroatoms. The van der Waals surface area contributed by atoms with Crippen LogP contribution in [0.3, 0.4) is 0 Å². The van der Waals surface area contributed by atoms with Crippen LogP contribution in [0.25, 0.3) is 0 Å². The van der Waals surface area contributed by atoms with Crippen LogP contribution in [-0.4, -0.2) is 38.8 Å². The van der Waals surface area contributed by atoms with Crippen LogP contribution in [0.5, 0.6) is 0 Å². The number of rotatable bonds is 4. The Bertz CT molecular complexity index is 198. The van der Waals surface area contributed by atoms with Crippen LogP contribution in [0, 0.1) is 5.41 Å². The van der Waals surface area contributed by atoms with Crippen molar-refractivity contribution in [3.63, 3.8) is 0 Å². The predicted octanol–water partition coefficient (Wildman–Crippen LogP) is 0.137. The summed E-state index contributed by atoms with van der Waals surface area (Å²) in [7, 11) is 1.67. The molecule has 4 nitrogen and oxygen atoms in total. The first-order valence-electron chi connectivity index (χ1n) is 5.09. The summed E-state index contributed by atoms with van der Waals surface area (Å²) in [5.41, 5.74) is -0.350. The van der Waals surface area contributed by atoms with Crippen molar-refractivity contribution in [3.05, 3.63) is 0 Å². The van der Waals surface area contributed by atoms with Crippen molar-refractivity contribution in [1.29, 1.82) is 0 Å². The van der Waals surface area contributed by atoms with Crippen molar-refractivity contribution in [2.75, 3.05) is 26.8 Å². The van der Waals surface area contributed by atoms with Gasteiger partial charge in [0, 0.05) is 26.2 Å². The van der Waals surface area contributed by atoms with Gasteiger partial charge in [0.25, 0.3) is 0 Å². The third-order valence-corrected chi connectivity index (χ3v) is 2.60. The van der Waals surface area contributed by atoms with Crippen LogP contribution < -0.4 is 10.6 Å². The van der Waals surface area contributed by atoms with E-state index < -0.39 is 0 Å². The lowest BCUT2D eigenvalue weighted by Gasteiger charge is -2.24. The van der Waals surface area contributed by atoms with Crippen LogP contribution in [0.1, 0.15) is 20.3 Å². The van der Waals surface area contributed by atoms with Gasteiger partial charge in [-0.25, -0.2) is 0 Å². The SMILES string of the molecule is CNC(=O)C(C)(C)CNC1CCOC1. The third-order valence-electron chi connectivity index (χ3n) is 2.60. The minimum atomic E-state index is -0.350.